The van der Waals surface area contributed by atoms with Gasteiger partial charge in [0, 0.05) is 13.0 Å². The van der Waals surface area contributed by atoms with Crippen molar-refractivity contribution in [2.75, 3.05) is 0 Å². The summed E-state index contributed by atoms with van der Waals surface area (Å²) < 4.78 is 5.86. The number of aliphatic carboxylic acids is 1. The van der Waals surface area contributed by atoms with Crippen molar-refractivity contribution < 1.29 is 19.2 Å². The molecule has 1 unspecified atom stereocenters. The van der Waals surface area contributed by atoms with E-state index in [2.05, 4.69) is 5.32 Å². The minimum Gasteiger partial charge on any atom is -0.480 e. The molecule has 0 aromatic carbocycles. The summed E-state index contributed by atoms with van der Waals surface area (Å²) in [6.45, 7) is 2.54. The van der Waals surface area contributed by atoms with Gasteiger partial charge in [-0.05, 0) is 6.92 Å². The van der Waals surface area contributed by atoms with E-state index in [4.69, 9.17) is 9.63 Å². The van der Waals surface area contributed by atoms with Crippen LogP contribution in [0.5, 0.6) is 0 Å². The van der Waals surface area contributed by atoms with E-state index in [0.717, 1.165) is 4.74 Å². The SMILES string of the molecule is CC(=O)NC(Cn1oc(C)cc1=O)C(=O)O. The lowest BCUT2D eigenvalue weighted by molar-refractivity contribution is -0.142. The molecule has 2 N–H and O–H groups in total. The van der Waals surface area contributed by atoms with Crippen molar-refractivity contribution in [2.45, 2.75) is 26.4 Å². The number of carboxylic acid groups (broad SMARTS) is 1. The Kier molecular flexibility index (Phi) is 3.49. The third kappa shape index (κ3) is 2.97. The third-order valence-corrected chi connectivity index (χ3v) is 1.85. The summed E-state index contributed by atoms with van der Waals surface area (Å²) in [4.78, 5) is 32.8. The van der Waals surface area contributed by atoms with Gasteiger partial charge in [0.25, 0.3) is 5.56 Å². The molecule has 0 saturated heterocycles. The second-order valence-corrected chi connectivity index (χ2v) is 3.34. The maximum atomic E-state index is 11.2. The van der Waals surface area contributed by atoms with Crippen molar-refractivity contribution in [1.82, 2.24) is 10.1 Å². The van der Waals surface area contributed by atoms with E-state index in [9.17, 15) is 14.4 Å². The first-order valence-electron chi connectivity index (χ1n) is 4.58. The average Bonchev–Trinajstić information content (AvgIpc) is 2.43. The molecule has 7 nitrogen and oxygen atoms in total. The number of hydrogen-bond donors (Lipinski definition) is 2. The summed E-state index contributed by atoms with van der Waals surface area (Å²) in [6, 6.07) is 0.0629. The molecule has 0 aliphatic heterocycles. The van der Waals surface area contributed by atoms with Gasteiger partial charge in [0.2, 0.25) is 5.91 Å². The number of amides is 1. The predicted molar refractivity (Wildman–Crippen MR) is 52.9 cm³/mol. The van der Waals surface area contributed by atoms with Gasteiger partial charge in [-0.1, -0.05) is 0 Å². The molecule has 0 bridgehead atoms. The monoisotopic (exact) mass is 228 g/mol. The van der Waals surface area contributed by atoms with Crippen LogP contribution in [0.25, 0.3) is 0 Å². The summed E-state index contributed by atoms with van der Waals surface area (Å²) >= 11 is 0. The lowest BCUT2D eigenvalue weighted by Crippen LogP contribution is -2.43. The second-order valence-electron chi connectivity index (χ2n) is 3.34. The molecule has 1 atom stereocenters. The predicted octanol–water partition coefficient (Wildman–Crippen LogP) is -0.661. The first-order chi connectivity index (χ1) is 7.40. The molecule has 7 heteroatoms. The molecule has 1 amide bonds. The minimum atomic E-state index is -1.23. The highest BCUT2D eigenvalue weighted by atomic mass is 16.5. The van der Waals surface area contributed by atoms with Gasteiger partial charge in [0.1, 0.15) is 11.8 Å². The number of aromatic nitrogens is 1. The molecule has 0 aliphatic rings. The standard InChI is InChI=1S/C9H12N2O5/c1-5-3-8(13)11(16-5)4-7(9(14)15)10-6(2)12/h3,7H,4H2,1-2H3,(H,10,12)(H,14,15). The molecule has 0 fully saturated rings. The van der Waals surface area contributed by atoms with Crippen LogP contribution in [0.1, 0.15) is 12.7 Å². The molecule has 1 heterocycles. The molecule has 0 spiro atoms. The quantitative estimate of drug-likeness (QED) is 0.712. The number of carboxylic acids is 1. The smallest absolute Gasteiger partial charge is 0.328 e. The van der Waals surface area contributed by atoms with Gasteiger partial charge in [-0.2, -0.15) is 4.74 Å². The van der Waals surface area contributed by atoms with Crippen molar-refractivity contribution >= 4 is 11.9 Å². The van der Waals surface area contributed by atoms with Crippen LogP contribution in [0.2, 0.25) is 0 Å². The van der Waals surface area contributed by atoms with E-state index in [1.54, 1.807) is 6.92 Å². The highest BCUT2D eigenvalue weighted by Gasteiger charge is 2.20. The second kappa shape index (κ2) is 4.65. The Morgan fingerprint density at radius 2 is 2.25 bits per heavy atom. The molecule has 1 aromatic heterocycles. The van der Waals surface area contributed by atoms with Gasteiger partial charge < -0.3 is 14.9 Å². The maximum absolute atomic E-state index is 11.2. The maximum Gasteiger partial charge on any atom is 0.328 e. The fourth-order valence-electron chi connectivity index (χ4n) is 1.21. The number of carbonyl (C=O) groups excluding carboxylic acids is 1. The van der Waals surface area contributed by atoms with Gasteiger partial charge >= 0.3 is 5.97 Å². The van der Waals surface area contributed by atoms with Crippen molar-refractivity contribution in [1.29, 1.82) is 0 Å². The van der Waals surface area contributed by atoms with Crippen molar-refractivity contribution in [3.05, 3.63) is 22.2 Å². The summed E-state index contributed by atoms with van der Waals surface area (Å²) in [5, 5.41) is 11.0. The highest BCUT2D eigenvalue weighted by Crippen LogP contribution is 1.96. The van der Waals surface area contributed by atoms with E-state index >= 15 is 0 Å². The topological polar surface area (TPSA) is 102 Å². The number of hydrogen-bond acceptors (Lipinski definition) is 4. The zero-order chi connectivity index (χ0) is 12.3. The fraction of sp³-hybridized carbons (Fsp3) is 0.444. The zero-order valence-corrected chi connectivity index (χ0v) is 8.89. The molecule has 16 heavy (non-hydrogen) atoms. The highest BCUT2D eigenvalue weighted by molar-refractivity contribution is 5.81. The Bertz CT molecular complexity index is 459. The van der Waals surface area contributed by atoms with Gasteiger partial charge in [0.15, 0.2) is 0 Å². The van der Waals surface area contributed by atoms with E-state index in [1.807, 2.05) is 0 Å². The molecular weight excluding hydrogens is 216 g/mol. The Balaban J connectivity index is 2.83. The number of nitrogens with zero attached hydrogens (tertiary/aromatic N) is 1. The zero-order valence-electron chi connectivity index (χ0n) is 8.89. The lowest BCUT2D eigenvalue weighted by atomic mass is 10.3. The van der Waals surface area contributed by atoms with Crippen molar-refractivity contribution in [3.63, 3.8) is 0 Å². The van der Waals surface area contributed by atoms with Crippen LogP contribution in [0.15, 0.2) is 15.4 Å². The third-order valence-electron chi connectivity index (χ3n) is 1.85. The fourth-order valence-corrected chi connectivity index (χ4v) is 1.21. The number of carbonyl (C=O) groups is 2. The normalized spacial score (nSPS) is 12.1. The number of rotatable bonds is 4. The molecule has 0 aliphatic carbocycles. The van der Waals surface area contributed by atoms with Crippen LogP contribution in [0, 0.1) is 6.92 Å². The molecule has 0 saturated carbocycles. The molecule has 0 radical (unpaired) electrons. The Hall–Kier alpha value is -2.05. The summed E-state index contributed by atoms with van der Waals surface area (Å²) in [6.07, 6.45) is 0. The van der Waals surface area contributed by atoms with Crippen molar-refractivity contribution in [2.24, 2.45) is 0 Å². The molecule has 1 rings (SSSR count). The van der Waals surface area contributed by atoms with E-state index in [1.165, 1.54) is 13.0 Å². The first-order valence-corrected chi connectivity index (χ1v) is 4.58. The molecule has 1 aromatic rings. The van der Waals surface area contributed by atoms with Gasteiger partial charge in [-0.25, -0.2) is 4.79 Å². The minimum absolute atomic E-state index is 0.235. The summed E-state index contributed by atoms with van der Waals surface area (Å²) in [5.74, 6) is -1.32. The Labute approximate surface area is 90.6 Å². The Morgan fingerprint density at radius 3 is 2.62 bits per heavy atom. The van der Waals surface area contributed by atoms with E-state index in [0.29, 0.717) is 5.76 Å². The number of nitrogens with one attached hydrogen (secondary N) is 1. The van der Waals surface area contributed by atoms with Gasteiger partial charge in [-0.15, -0.1) is 0 Å². The van der Waals surface area contributed by atoms with Crippen LogP contribution in [-0.2, 0) is 16.1 Å². The van der Waals surface area contributed by atoms with Gasteiger partial charge in [0.05, 0.1) is 6.54 Å². The van der Waals surface area contributed by atoms with Crippen LogP contribution >= 0.6 is 0 Å². The summed E-state index contributed by atoms with van der Waals surface area (Å²) in [5.41, 5.74) is -0.436. The summed E-state index contributed by atoms with van der Waals surface area (Å²) in [7, 11) is 0. The first kappa shape index (κ1) is 12.0. The van der Waals surface area contributed by atoms with Crippen LogP contribution in [0.4, 0.5) is 0 Å². The largest absolute Gasteiger partial charge is 0.480 e. The molecular formula is C9H12N2O5. The Morgan fingerprint density at radius 1 is 1.62 bits per heavy atom. The van der Waals surface area contributed by atoms with Crippen LogP contribution in [0.3, 0.4) is 0 Å². The van der Waals surface area contributed by atoms with Crippen molar-refractivity contribution in [3.8, 4) is 0 Å². The van der Waals surface area contributed by atoms with Crippen LogP contribution in [-0.4, -0.2) is 27.8 Å². The number of aryl methyl sites for hydroxylation is 1. The van der Waals surface area contributed by atoms with Crippen LogP contribution < -0.4 is 10.9 Å². The lowest BCUT2D eigenvalue weighted by Gasteiger charge is -2.11. The van der Waals surface area contributed by atoms with Gasteiger partial charge in [-0.3, -0.25) is 9.59 Å². The van der Waals surface area contributed by atoms with E-state index in [-0.39, 0.29) is 6.54 Å². The molecule has 88 valence electrons. The van der Waals surface area contributed by atoms with E-state index < -0.39 is 23.5 Å². The average molecular weight is 228 g/mol.